The van der Waals surface area contributed by atoms with Gasteiger partial charge in [0.25, 0.3) is 0 Å². The van der Waals surface area contributed by atoms with Crippen molar-refractivity contribution in [2.75, 3.05) is 0 Å². The molecular formula is C18H31NO. The van der Waals surface area contributed by atoms with E-state index < -0.39 is 0 Å². The van der Waals surface area contributed by atoms with E-state index in [2.05, 4.69) is 53.7 Å². The monoisotopic (exact) mass is 277 g/mol. The Bertz CT molecular complexity index is 447. The van der Waals surface area contributed by atoms with Crippen molar-refractivity contribution >= 4 is 0 Å². The number of hydrogen-bond donors (Lipinski definition) is 2. The van der Waals surface area contributed by atoms with Crippen molar-refractivity contribution in [3.8, 4) is 5.75 Å². The lowest BCUT2D eigenvalue weighted by atomic mass is 9.77. The van der Waals surface area contributed by atoms with Crippen LogP contribution >= 0.6 is 0 Å². The van der Waals surface area contributed by atoms with E-state index in [0.717, 1.165) is 17.5 Å². The first kappa shape index (κ1) is 17.0. The van der Waals surface area contributed by atoms with E-state index in [1.807, 2.05) is 13.8 Å². The molecule has 0 aromatic heterocycles. The average Bonchev–Trinajstić information content (AvgIpc) is 2.14. The summed E-state index contributed by atoms with van der Waals surface area (Å²) >= 11 is 0. The number of hydrogen-bond acceptors (Lipinski definition) is 2. The highest BCUT2D eigenvalue weighted by Crippen LogP contribution is 2.40. The lowest BCUT2D eigenvalue weighted by Gasteiger charge is -2.29. The minimum Gasteiger partial charge on any atom is -0.507 e. The number of nitrogens with two attached hydrogens (primary N) is 1. The molecule has 0 saturated heterocycles. The fourth-order valence-corrected chi connectivity index (χ4v) is 2.47. The first-order chi connectivity index (χ1) is 8.72. The van der Waals surface area contributed by atoms with Gasteiger partial charge in [0.1, 0.15) is 5.75 Å². The van der Waals surface area contributed by atoms with E-state index in [1.165, 1.54) is 5.56 Å². The number of aromatic hydroxyl groups is 1. The molecule has 0 amide bonds. The molecule has 0 radical (unpaired) electrons. The third-order valence-corrected chi connectivity index (χ3v) is 3.45. The minimum atomic E-state index is -0.249. The zero-order chi connectivity index (χ0) is 15.9. The standard InChI is InChI=1S/C18H31NO/c1-16(2,3)13-9-12(11-18(7,8)19)10-14(15(13)20)17(4,5)6/h9-10,20H,11,19H2,1-8H3. The maximum atomic E-state index is 10.7. The molecule has 0 saturated carbocycles. The molecule has 114 valence electrons. The van der Waals surface area contributed by atoms with Gasteiger partial charge in [-0.1, -0.05) is 53.7 Å². The molecule has 1 aromatic rings. The average molecular weight is 277 g/mol. The first-order valence-corrected chi connectivity index (χ1v) is 7.37. The molecule has 0 aliphatic rings. The van der Waals surface area contributed by atoms with Crippen LogP contribution in [0.5, 0.6) is 5.75 Å². The predicted molar refractivity (Wildman–Crippen MR) is 87.5 cm³/mol. The number of phenols is 1. The SMILES string of the molecule is CC(C)(N)Cc1cc(C(C)(C)C)c(O)c(C(C)(C)C)c1. The van der Waals surface area contributed by atoms with E-state index in [-0.39, 0.29) is 16.4 Å². The highest BCUT2D eigenvalue weighted by atomic mass is 16.3. The molecule has 1 aromatic carbocycles. The molecule has 2 heteroatoms. The highest BCUT2D eigenvalue weighted by molar-refractivity contribution is 5.50. The second-order valence-electron chi connectivity index (χ2n) is 8.70. The summed E-state index contributed by atoms with van der Waals surface area (Å²) < 4.78 is 0. The fourth-order valence-electron chi connectivity index (χ4n) is 2.47. The number of rotatable bonds is 2. The Balaban J connectivity index is 3.51. The summed E-state index contributed by atoms with van der Waals surface area (Å²) in [5, 5.41) is 10.7. The largest absolute Gasteiger partial charge is 0.507 e. The summed E-state index contributed by atoms with van der Waals surface area (Å²) in [6.45, 7) is 16.9. The Morgan fingerprint density at radius 1 is 0.850 bits per heavy atom. The molecule has 20 heavy (non-hydrogen) atoms. The fraction of sp³-hybridized carbons (Fsp3) is 0.667. The molecule has 0 aliphatic carbocycles. The van der Waals surface area contributed by atoms with E-state index in [0.29, 0.717) is 5.75 Å². The summed E-state index contributed by atoms with van der Waals surface area (Å²) in [6, 6.07) is 4.22. The molecule has 3 N–H and O–H groups in total. The van der Waals surface area contributed by atoms with Gasteiger partial charge in [0.05, 0.1) is 0 Å². The van der Waals surface area contributed by atoms with Gasteiger partial charge in [0.2, 0.25) is 0 Å². The topological polar surface area (TPSA) is 46.2 Å². The van der Waals surface area contributed by atoms with Gasteiger partial charge in [-0.25, -0.2) is 0 Å². The lowest BCUT2D eigenvalue weighted by molar-refractivity contribution is 0.421. The van der Waals surface area contributed by atoms with Crippen LogP contribution in [0.3, 0.4) is 0 Å². The zero-order valence-electron chi connectivity index (χ0n) is 14.4. The van der Waals surface area contributed by atoms with E-state index in [4.69, 9.17) is 5.73 Å². The summed E-state index contributed by atoms with van der Waals surface area (Å²) in [5.74, 6) is 0.434. The van der Waals surface area contributed by atoms with E-state index in [9.17, 15) is 5.11 Å². The van der Waals surface area contributed by atoms with E-state index in [1.54, 1.807) is 0 Å². The van der Waals surface area contributed by atoms with E-state index >= 15 is 0 Å². The van der Waals surface area contributed by atoms with Gasteiger partial charge in [-0.2, -0.15) is 0 Å². The third-order valence-electron chi connectivity index (χ3n) is 3.45. The molecular weight excluding hydrogens is 246 g/mol. The molecule has 0 fully saturated rings. The van der Waals surface area contributed by atoms with Crippen molar-refractivity contribution in [1.82, 2.24) is 0 Å². The van der Waals surface area contributed by atoms with Crippen molar-refractivity contribution < 1.29 is 5.11 Å². The van der Waals surface area contributed by atoms with Crippen molar-refractivity contribution in [1.29, 1.82) is 0 Å². The van der Waals surface area contributed by atoms with Crippen LogP contribution in [0.2, 0.25) is 0 Å². The number of phenolic OH excluding ortho intramolecular Hbond substituents is 1. The molecule has 0 bridgehead atoms. The summed E-state index contributed by atoms with van der Waals surface area (Å²) in [5.41, 5.74) is 8.95. The maximum Gasteiger partial charge on any atom is 0.123 e. The van der Waals surface area contributed by atoms with Crippen molar-refractivity contribution in [3.05, 3.63) is 28.8 Å². The van der Waals surface area contributed by atoms with Gasteiger partial charge in [-0.15, -0.1) is 0 Å². The van der Waals surface area contributed by atoms with Crippen LogP contribution in [0, 0.1) is 0 Å². The van der Waals surface area contributed by atoms with Gasteiger partial charge >= 0.3 is 0 Å². The second kappa shape index (κ2) is 5.07. The highest BCUT2D eigenvalue weighted by Gasteiger charge is 2.27. The van der Waals surface area contributed by atoms with Crippen LogP contribution in [0.1, 0.15) is 72.1 Å². The minimum absolute atomic E-state index is 0.0845. The Hall–Kier alpha value is -1.02. The van der Waals surface area contributed by atoms with Crippen LogP contribution in [0.25, 0.3) is 0 Å². The van der Waals surface area contributed by atoms with Gasteiger partial charge < -0.3 is 10.8 Å². The Kier molecular flexibility index (Phi) is 4.32. The second-order valence-corrected chi connectivity index (χ2v) is 8.70. The summed E-state index contributed by atoms with van der Waals surface area (Å²) in [4.78, 5) is 0. The van der Waals surface area contributed by atoms with Crippen LogP contribution in [-0.4, -0.2) is 10.6 Å². The van der Waals surface area contributed by atoms with Crippen LogP contribution in [0.15, 0.2) is 12.1 Å². The normalized spacial score (nSPS) is 13.7. The Morgan fingerprint density at radius 3 is 1.45 bits per heavy atom. The molecule has 0 aliphatic heterocycles. The quantitative estimate of drug-likeness (QED) is 0.848. The molecule has 0 heterocycles. The van der Waals surface area contributed by atoms with Gasteiger partial charge in [-0.05, 0) is 47.8 Å². The van der Waals surface area contributed by atoms with Crippen LogP contribution in [-0.2, 0) is 17.3 Å². The Labute approximate surface area is 124 Å². The summed E-state index contributed by atoms with van der Waals surface area (Å²) in [6.07, 6.45) is 0.805. The molecule has 2 nitrogen and oxygen atoms in total. The van der Waals surface area contributed by atoms with Crippen molar-refractivity contribution in [2.24, 2.45) is 5.73 Å². The Morgan fingerprint density at radius 2 is 1.20 bits per heavy atom. The van der Waals surface area contributed by atoms with Crippen molar-refractivity contribution in [2.45, 2.75) is 78.2 Å². The van der Waals surface area contributed by atoms with Gasteiger partial charge in [0.15, 0.2) is 0 Å². The molecule has 1 rings (SSSR count). The number of benzene rings is 1. The zero-order valence-corrected chi connectivity index (χ0v) is 14.4. The third kappa shape index (κ3) is 4.24. The van der Waals surface area contributed by atoms with Crippen molar-refractivity contribution in [3.63, 3.8) is 0 Å². The smallest absolute Gasteiger partial charge is 0.123 e. The lowest BCUT2D eigenvalue weighted by Crippen LogP contribution is -2.34. The molecule has 0 unspecified atom stereocenters. The van der Waals surface area contributed by atoms with Crippen LogP contribution in [0.4, 0.5) is 0 Å². The van der Waals surface area contributed by atoms with Crippen LogP contribution < -0.4 is 5.73 Å². The van der Waals surface area contributed by atoms with Gasteiger partial charge in [0, 0.05) is 5.54 Å². The maximum absolute atomic E-state index is 10.7. The predicted octanol–water partition coefficient (Wildman–Crippen LogP) is 4.27. The first-order valence-electron chi connectivity index (χ1n) is 7.37. The summed E-state index contributed by atoms with van der Waals surface area (Å²) in [7, 11) is 0. The van der Waals surface area contributed by atoms with Gasteiger partial charge in [-0.3, -0.25) is 0 Å². The molecule has 0 spiro atoms. The molecule has 0 atom stereocenters.